The number of hydrogen-bond acceptors (Lipinski definition) is 12. The van der Waals surface area contributed by atoms with E-state index in [9.17, 15) is 58.4 Å². The number of ketones is 2. The molecule has 2 aromatic rings. The van der Waals surface area contributed by atoms with Crippen LogP contribution < -0.4 is 16.0 Å². The van der Waals surface area contributed by atoms with Gasteiger partial charge in [0, 0.05) is 40.0 Å². The first kappa shape index (κ1) is 50.3. The van der Waals surface area contributed by atoms with Crippen LogP contribution >= 0.6 is 23.8 Å². The second-order valence-electron chi connectivity index (χ2n) is 18.1. The van der Waals surface area contributed by atoms with Crippen molar-refractivity contribution in [1.82, 2.24) is 10.6 Å². The van der Waals surface area contributed by atoms with E-state index in [1.165, 1.54) is 13.0 Å². The molecule has 1 aliphatic heterocycles. The van der Waals surface area contributed by atoms with E-state index >= 15 is 8.78 Å². The number of alkyl halides is 3. The van der Waals surface area contributed by atoms with Crippen LogP contribution in [0.5, 0.6) is 0 Å². The van der Waals surface area contributed by atoms with Gasteiger partial charge in [-0.1, -0.05) is 65.3 Å². The predicted molar refractivity (Wildman–Crippen MR) is 234 cm³/mol. The van der Waals surface area contributed by atoms with Gasteiger partial charge in [0.15, 0.2) is 29.1 Å². The Morgan fingerprint density at radius 3 is 2.39 bits per heavy atom. The number of amides is 3. The van der Waals surface area contributed by atoms with Crippen LogP contribution in [0.2, 0.25) is 0 Å². The highest BCUT2D eigenvalue weighted by atomic mass is 79.9. The molecular formula is C45H51BrF2N3O15P. The van der Waals surface area contributed by atoms with Crippen LogP contribution in [0.15, 0.2) is 66.3 Å². The molecule has 7 rings (SSSR count). The van der Waals surface area contributed by atoms with Gasteiger partial charge < -0.3 is 50.5 Å². The number of aliphatic hydroxyl groups is 2. The number of carbonyl (C=O) groups is 6. The number of carboxylic acid groups (broad SMARTS) is 1. The van der Waals surface area contributed by atoms with E-state index in [1.54, 1.807) is 49.4 Å². The summed E-state index contributed by atoms with van der Waals surface area (Å²) in [5.74, 6) is -6.67. The van der Waals surface area contributed by atoms with Crippen molar-refractivity contribution in [3.63, 3.8) is 0 Å². The maximum Gasteiger partial charge on any atom is 0.470 e. The van der Waals surface area contributed by atoms with Crippen LogP contribution in [0.1, 0.15) is 74.5 Å². The lowest BCUT2D eigenvalue weighted by molar-refractivity contribution is -0.235. The van der Waals surface area contributed by atoms with E-state index in [0.29, 0.717) is 16.7 Å². The molecule has 1 saturated heterocycles. The van der Waals surface area contributed by atoms with Gasteiger partial charge in [0.2, 0.25) is 17.7 Å². The maximum absolute atomic E-state index is 17.9. The van der Waals surface area contributed by atoms with Crippen LogP contribution in [-0.2, 0) is 60.4 Å². The lowest BCUT2D eigenvalue weighted by Crippen LogP contribution is -2.70. The first-order valence-corrected chi connectivity index (χ1v) is 24.1. The summed E-state index contributed by atoms with van der Waals surface area (Å²) in [6.07, 6.45) is -3.79. The smallest absolute Gasteiger partial charge is 0.470 e. The number of carboxylic acids is 1. The Bertz CT molecular complexity index is 2450. The van der Waals surface area contributed by atoms with Crippen molar-refractivity contribution in [2.75, 3.05) is 23.8 Å². The molecule has 362 valence electrons. The molecule has 5 aliphatic rings. The van der Waals surface area contributed by atoms with Gasteiger partial charge in [-0.25, -0.2) is 13.3 Å². The molecule has 0 aromatic heterocycles. The quantitative estimate of drug-likeness (QED) is 0.0834. The Balaban J connectivity index is 1.11. The number of halogens is 3. The zero-order valence-electron chi connectivity index (χ0n) is 36.3. The van der Waals surface area contributed by atoms with Crippen molar-refractivity contribution in [1.29, 1.82) is 0 Å². The number of benzene rings is 2. The number of rotatable bonds is 17. The first-order chi connectivity index (χ1) is 31.5. The van der Waals surface area contributed by atoms with Crippen molar-refractivity contribution in [2.45, 2.75) is 101 Å². The topological polar surface area (TPSA) is 284 Å². The van der Waals surface area contributed by atoms with E-state index < -0.39 is 147 Å². The number of aliphatic hydroxyl groups excluding tert-OH is 2. The molecule has 0 unspecified atom stereocenters. The monoisotopic (exact) mass is 1020 g/mol. The Morgan fingerprint density at radius 2 is 1.73 bits per heavy atom. The van der Waals surface area contributed by atoms with E-state index in [2.05, 4.69) is 36.4 Å². The average molecular weight is 1020 g/mol. The van der Waals surface area contributed by atoms with Gasteiger partial charge in [-0.3, -0.25) is 33.3 Å². The van der Waals surface area contributed by atoms with Gasteiger partial charge in [-0.05, 0) is 79.9 Å². The van der Waals surface area contributed by atoms with Crippen LogP contribution in [0.25, 0.3) is 0 Å². The highest BCUT2D eigenvalue weighted by Crippen LogP contribution is 2.72. The summed E-state index contributed by atoms with van der Waals surface area (Å²) in [5.41, 5.74) is -5.47. The highest BCUT2D eigenvalue weighted by Gasteiger charge is 2.80. The third-order valence-corrected chi connectivity index (χ3v) is 15.3. The summed E-state index contributed by atoms with van der Waals surface area (Å²) < 4.78 is 63.5. The summed E-state index contributed by atoms with van der Waals surface area (Å²) in [5, 5.41) is 38.6. The Hall–Kier alpha value is -4.57. The summed E-state index contributed by atoms with van der Waals surface area (Å²) in [6.45, 7) is 0.988. The molecule has 8 N–H and O–H groups in total. The van der Waals surface area contributed by atoms with Crippen molar-refractivity contribution >= 4 is 64.7 Å². The maximum atomic E-state index is 17.9. The van der Waals surface area contributed by atoms with Crippen molar-refractivity contribution in [3.8, 4) is 0 Å². The molecule has 22 heteroatoms. The van der Waals surface area contributed by atoms with E-state index in [0.717, 1.165) is 17.7 Å². The largest absolute Gasteiger partial charge is 0.481 e. The summed E-state index contributed by atoms with van der Waals surface area (Å²) in [4.78, 5) is 94.6. The second-order valence-corrected chi connectivity index (χ2v) is 19.9. The summed E-state index contributed by atoms with van der Waals surface area (Å²) in [7, 11) is -5.19. The Morgan fingerprint density at radius 1 is 1.03 bits per heavy atom. The third-order valence-electron chi connectivity index (χ3n) is 14.3. The van der Waals surface area contributed by atoms with Gasteiger partial charge in [0.25, 0.3) is 0 Å². The number of aliphatic carboxylic acids is 1. The third kappa shape index (κ3) is 9.34. The zero-order chi connectivity index (χ0) is 48.9. The normalized spacial score (nSPS) is 32.2. The molecule has 3 saturated carbocycles. The average Bonchev–Trinajstić information content (AvgIpc) is 3.78. The number of carbonyl (C=O) groups excluding carboxylic acids is 5. The molecule has 0 radical (unpaired) electrons. The van der Waals surface area contributed by atoms with E-state index in [-0.39, 0.29) is 35.9 Å². The van der Waals surface area contributed by atoms with Gasteiger partial charge in [-0.15, -0.1) is 0 Å². The number of fused-ring (bicyclic) bond motifs is 7. The number of phosphoric acid groups is 1. The minimum atomic E-state index is -5.19. The lowest BCUT2D eigenvalue weighted by atomic mass is 9.44. The molecule has 4 fully saturated rings. The molecular weight excluding hydrogens is 971 g/mol. The van der Waals surface area contributed by atoms with Crippen LogP contribution in [-0.4, -0.2) is 115 Å². The summed E-state index contributed by atoms with van der Waals surface area (Å²) in [6, 6.07) is 10.4. The number of hydrogen-bond donors (Lipinski definition) is 8. The molecule has 18 nitrogen and oxygen atoms in total. The Kier molecular flexibility index (Phi) is 14.3. The minimum absolute atomic E-state index is 0.0503. The molecule has 3 amide bonds. The molecule has 11 atom stereocenters. The van der Waals surface area contributed by atoms with Gasteiger partial charge in [-0.2, -0.15) is 0 Å². The zero-order valence-corrected chi connectivity index (χ0v) is 38.8. The fourth-order valence-corrected chi connectivity index (χ4v) is 11.6. The number of allylic oxidation sites excluding steroid dienone is 4. The van der Waals surface area contributed by atoms with Gasteiger partial charge in [0.1, 0.15) is 18.8 Å². The Labute approximate surface area is 391 Å². The minimum Gasteiger partial charge on any atom is -0.481 e. The summed E-state index contributed by atoms with van der Waals surface area (Å²) >= 11 is 2.96. The predicted octanol–water partition coefficient (Wildman–Crippen LogP) is 3.33. The number of ether oxygens (including phenoxy) is 2. The van der Waals surface area contributed by atoms with Gasteiger partial charge >= 0.3 is 13.8 Å². The number of Topliss-reactive ketones (excluding diaryl/α,β-unsaturated/α-hetero) is 1. The number of nitrogens with one attached hydrogen (secondary N) is 3. The second kappa shape index (κ2) is 19.1. The van der Waals surface area contributed by atoms with Crippen LogP contribution in [0, 0.1) is 22.7 Å². The molecule has 67 heavy (non-hydrogen) atoms. The van der Waals surface area contributed by atoms with Crippen molar-refractivity contribution in [3.05, 3.63) is 88.5 Å². The SMILES string of the molecule is C[C@]12C=CC(=O)C=C1[C@@H](F)C[C@H]1[C@@H]3C[C@H]4O[C@@H](c5ccc(Cc6ccc(CO)c(NC(=O)[C@H](CCC(=O)O)NC(=O)CNC(=O)CBr)c6)cc5)O[C@@]4(C(=O)COP(=O)(O)O)[C@@]3(C)C[C@H](O)[C@@]12F. The molecule has 0 bridgehead atoms. The van der Waals surface area contributed by atoms with Gasteiger partial charge in [0.05, 0.1) is 30.7 Å². The number of phosphoric ester groups is 1. The van der Waals surface area contributed by atoms with E-state index in [4.69, 9.17) is 9.47 Å². The highest BCUT2D eigenvalue weighted by molar-refractivity contribution is 9.09. The fraction of sp³-hybridized carbons (Fsp3) is 0.511. The van der Waals surface area contributed by atoms with E-state index in [1.807, 2.05) is 0 Å². The first-order valence-electron chi connectivity index (χ1n) is 21.5. The molecule has 4 aliphatic carbocycles. The van der Waals surface area contributed by atoms with Crippen LogP contribution in [0.4, 0.5) is 14.5 Å². The standard InChI is InChI=1S/C45H51BrF2N3O15P/c1-42-12-11-27(53)15-30(42)31(47)16-29-28-17-36-45(35(55)22-64-67(61,62)63,43(28,2)18-34(54)44(29,42)48)66-41(65-36)25-6-3-23(4-7-25)13-24-5-8-26(21-52)33(14-24)51-40(60)32(9-10-39(58)59)50-38(57)20-49-37(56)19-46/h3-8,11-12,14-15,28-29,31-32,34,36,41,52,54H,9-10,13,16-22H2,1-2H3,(H,49,56)(H,50,57)(H,51,60)(H,58,59)(H2,61,62,63)/t28-,29-,31-,32-,34-,36+,41+,42-,43-,44-,45+/m0/s1. The van der Waals surface area contributed by atoms with Crippen LogP contribution in [0.3, 0.4) is 0 Å². The number of anilines is 1. The fourth-order valence-electron chi connectivity index (χ4n) is 11.1. The molecule has 2 aromatic carbocycles. The van der Waals surface area contributed by atoms with Crippen molar-refractivity contribution in [2.24, 2.45) is 22.7 Å². The van der Waals surface area contributed by atoms with Crippen molar-refractivity contribution < 1.29 is 81.2 Å². The lowest BCUT2D eigenvalue weighted by Gasteiger charge is -2.63. The molecule has 1 heterocycles. The molecule has 0 spiro atoms.